The molecule has 0 bridgehead atoms. The molecule has 0 saturated heterocycles. The Bertz CT molecular complexity index is 97.2. The van der Waals surface area contributed by atoms with Crippen LogP contribution >= 0.6 is 11.6 Å². The normalized spacial score (nSPS) is 12.5. The van der Waals surface area contributed by atoms with Gasteiger partial charge in [0.25, 0.3) is 0 Å². The first-order valence-electron chi connectivity index (χ1n) is 4.52. The Labute approximate surface area is 87.1 Å². The van der Waals surface area contributed by atoms with Crippen LogP contribution in [0.2, 0.25) is 0 Å². The van der Waals surface area contributed by atoms with Gasteiger partial charge in [-0.25, -0.2) is 0 Å². The van der Waals surface area contributed by atoms with E-state index < -0.39 is 0 Å². The van der Waals surface area contributed by atoms with E-state index in [-0.39, 0.29) is 15.8 Å². The van der Waals surface area contributed by atoms with Crippen LogP contribution in [0.4, 0.5) is 0 Å². The van der Waals surface area contributed by atoms with Crippen LogP contribution in [0.1, 0.15) is 41.5 Å². The van der Waals surface area contributed by atoms with Gasteiger partial charge in [-0.1, -0.05) is 41.5 Å². The molecule has 0 aliphatic rings. The molecule has 0 fully saturated rings. The zero-order chi connectivity index (χ0) is 9.23. The fraction of sp³-hybridized carbons (Fsp3) is 1.00. The summed E-state index contributed by atoms with van der Waals surface area (Å²) in [4.78, 5) is -0.0278. The van der Waals surface area contributed by atoms with Gasteiger partial charge in [0, 0.05) is 0 Å². The quantitative estimate of drug-likeness (QED) is 0.494. The highest BCUT2D eigenvalue weighted by Gasteiger charge is 2.37. The molecule has 0 atom stereocenters. The molecule has 2 heteroatoms. The van der Waals surface area contributed by atoms with Crippen molar-refractivity contribution >= 4 is 22.6 Å². The van der Waals surface area contributed by atoms with Gasteiger partial charge in [0.15, 0.2) is 0 Å². The van der Waals surface area contributed by atoms with Crippen molar-refractivity contribution in [3.8, 4) is 0 Å². The van der Waals surface area contributed by atoms with Gasteiger partial charge in [-0.05, 0) is 28.7 Å². The lowest BCUT2D eigenvalue weighted by molar-refractivity contribution is 0.248. The van der Waals surface area contributed by atoms with Gasteiger partial charge in [-0.15, -0.1) is 11.6 Å². The third-order valence-corrected chi connectivity index (χ3v) is 3.96. The largest absolute Gasteiger partial charge is 0.118 e. The molecule has 0 aromatic heterocycles. The number of rotatable bonds is 3. The molecule has 0 nitrogen and oxygen atoms in total. The summed E-state index contributed by atoms with van der Waals surface area (Å²) in [6, 6.07) is 0. The zero-order valence-corrected chi connectivity index (χ0v) is 9.37. The Kier molecular flexibility index (Phi) is 6.60. The standard InChI is InChI=1S/C10H21Cl.H4Si/c1-7(2)10(11,8(3)4)9(5)6;/h7-9H,1-6H3;1H4. The minimum Gasteiger partial charge on any atom is -0.118 e. The van der Waals surface area contributed by atoms with E-state index in [0.717, 1.165) is 0 Å². The number of halogens is 1. The van der Waals surface area contributed by atoms with Gasteiger partial charge in [-0.2, -0.15) is 0 Å². The fourth-order valence-electron chi connectivity index (χ4n) is 2.00. The molecule has 0 spiro atoms. The summed E-state index contributed by atoms with van der Waals surface area (Å²) in [5.41, 5.74) is 0. The first kappa shape index (κ1) is 15.0. The Morgan fingerprint density at radius 3 is 0.917 bits per heavy atom. The van der Waals surface area contributed by atoms with Crippen LogP contribution < -0.4 is 0 Å². The minimum absolute atomic E-state index is 0. The van der Waals surface area contributed by atoms with E-state index in [0.29, 0.717) is 17.8 Å². The lowest BCUT2D eigenvalue weighted by Gasteiger charge is -2.39. The van der Waals surface area contributed by atoms with Gasteiger partial charge < -0.3 is 0 Å². The number of hydrogen-bond donors (Lipinski definition) is 0. The van der Waals surface area contributed by atoms with Gasteiger partial charge in [-0.3, -0.25) is 0 Å². The van der Waals surface area contributed by atoms with Gasteiger partial charge in [0.05, 0.1) is 4.87 Å². The first-order valence-corrected chi connectivity index (χ1v) is 4.90. The van der Waals surface area contributed by atoms with Crippen molar-refractivity contribution in [2.75, 3.05) is 0 Å². The SMILES string of the molecule is CC(C)C(Cl)(C(C)C)C(C)C.[SiH4]. The Morgan fingerprint density at radius 1 is 0.750 bits per heavy atom. The maximum Gasteiger partial charge on any atom is 0.0515 e. The lowest BCUT2D eigenvalue weighted by atomic mass is 9.76. The molecule has 0 unspecified atom stereocenters. The topological polar surface area (TPSA) is 0 Å². The second kappa shape index (κ2) is 5.28. The Balaban J connectivity index is 0. The molecule has 0 aliphatic carbocycles. The summed E-state index contributed by atoms with van der Waals surface area (Å²) in [6.07, 6.45) is 0. The summed E-state index contributed by atoms with van der Waals surface area (Å²) in [5, 5.41) is 0. The van der Waals surface area contributed by atoms with Crippen LogP contribution in [0.15, 0.2) is 0 Å². The van der Waals surface area contributed by atoms with E-state index in [2.05, 4.69) is 41.5 Å². The molecular weight excluding hydrogens is 184 g/mol. The van der Waals surface area contributed by atoms with Gasteiger partial charge in [0.2, 0.25) is 0 Å². The van der Waals surface area contributed by atoms with Crippen molar-refractivity contribution in [3.05, 3.63) is 0 Å². The van der Waals surface area contributed by atoms with E-state index >= 15 is 0 Å². The molecule has 0 amide bonds. The van der Waals surface area contributed by atoms with Gasteiger partial charge >= 0.3 is 0 Å². The van der Waals surface area contributed by atoms with Crippen molar-refractivity contribution in [2.24, 2.45) is 17.8 Å². The van der Waals surface area contributed by atoms with Crippen molar-refractivity contribution in [3.63, 3.8) is 0 Å². The minimum atomic E-state index is -0.0278. The van der Waals surface area contributed by atoms with Crippen LogP contribution in [0.25, 0.3) is 0 Å². The highest BCUT2D eigenvalue weighted by Crippen LogP contribution is 2.39. The summed E-state index contributed by atoms with van der Waals surface area (Å²) >= 11 is 6.54. The summed E-state index contributed by atoms with van der Waals surface area (Å²) < 4.78 is 0. The molecule has 0 saturated carbocycles. The molecule has 76 valence electrons. The maximum absolute atomic E-state index is 6.54. The zero-order valence-electron chi connectivity index (χ0n) is 8.61. The van der Waals surface area contributed by atoms with Crippen molar-refractivity contribution in [1.29, 1.82) is 0 Å². The Morgan fingerprint density at radius 2 is 0.917 bits per heavy atom. The number of hydrogen-bond acceptors (Lipinski definition) is 0. The molecule has 0 aromatic rings. The van der Waals surface area contributed by atoms with Gasteiger partial charge in [0.1, 0.15) is 0 Å². The second-order valence-electron chi connectivity index (χ2n) is 4.29. The smallest absolute Gasteiger partial charge is 0.0515 e. The van der Waals surface area contributed by atoms with E-state index in [1.165, 1.54) is 0 Å². The van der Waals surface area contributed by atoms with Crippen LogP contribution in [0.3, 0.4) is 0 Å². The molecular formula is C10H25ClSi. The third-order valence-electron chi connectivity index (χ3n) is 2.65. The second-order valence-corrected chi connectivity index (χ2v) is 4.95. The lowest BCUT2D eigenvalue weighted by Crippen LogP contribution is -2.39. The monoisotopic (exact) mass is 208 g/mol. The number of alkyl halides is 1. The third kappa shape index (κ3) is 2.77. The first-order chi connectivity index (χ1) is 4.83. The highest BCUT2D eigenvalue weighted by atomic mass is 35.5. The highest BCUT2D eigenvalue weighted by molar-refractivity contribution is 6.24. The molecule has 0 heterocycles. The molecule has 0 rings (SSSR count). The van der Waals surface area contributed by atoms with Crippen LogP contribution in [-0.4, -0.2) is 15.8 Å². The fourth-order valence-corrected chi connectivity index (χ4v) is 2.00. The van der Waals surface area contributed by atoms with E-state index in [1.54, 1.807) is 0 Å². The van der Waals surface area contributed by atoms with Crippen molar-refractivity contribution < 1.29 is 0 Å². The van der Waals surface area contributed by atoms with E-state index in [9.17, 15) is 0 Å². The predicted molar refractivity (Wildman–Crippen MR) is 64.4 cm³/mol. The molecule has 12 heavy (non-hydrogen) atoms. The molecule has 0 radical (unpaired) electrons. The van der Waals surface area contributed by atoms with Crippen molar-refractivity contribution in [1.82, 2.24) is 0 Å². The summed E-state index contributed by atoms with van der Waals surface area (Å²) in [5.74, 6) is 1.64. The molecule has 0 aromatic carbocycles. The van der Waals surface area contributed by atoms with Crippen LogP contribution in [-0.2, 0) is 0 Å². The molecule has 0 N–H and O–H groups in total. The average Bonchev–Trinajstić information content (AvgIpc) is 1.84. The van der Waals surface area contributed by atoms with E-state index in [1.807, 2.05) is 0 Å². The maximum atomic E-state index is 6.54. The van der Waals surface area contributed by atoms with Crippen molar-refractivity contribution in [2.45, 2.75) is 46.4 Å². The van der Waals surface area contributed by atoms with E-state index in [4.69, 9.17) is 11.6 Å². The van der Waals surface area contributed by atoms with Crippen LogP contribution in [0.5, 0.6) is 0 Å². The molecule has 0 aliphatic heterocycles. The Hall–Kier alpha value is 0.507. The summed E-state index contributed by atoms with van der Waals surface area (Å²) in [6.45, 7) is 13.2. The average molecular weight is 209 g/mol. The predicted octanol–water partition coefficient (Wildman–Crippen LogP) is 2.48. The van der Waals surface area contributed by atoms with Crippen LogP contribution in [0, 0.1) is 17.8 Å². The summed E-state index contributed by atoms with van der Waals surface area (Å²) in [7, 11) is 0.